The quantitative estimate of drug-likeness (QED) is 0.406. The van der Waals surface area contributed by atoms with Crippen molar-refractivity contribution < 1.29 is 4.79 Å². The summed E-state index contributed by atoms with van der Waals surface area (Å²) in [6.45, 7) is 8.65. The van der Waals surface area contributed by atoms with E-state index in [4.69, 9.17) is 5.84 Å². The minimum atomic E-state index is 0.125. The van der Waals surface area contributed by atoms with Crippen LogP contribution >= 0.6 is 0 Å². The Bertz CT molecular complexity index is 1370. The fourth-order valence-electron chi connectivity index (χ4n) is 7.43. The van der Waals surface area contributed by atoms with Crippen molar-refractivity contribution in [2.75, 3.05) is 19.6 Å². The van der Waals surface area contributed by atoms with Crippen molar-refractivity contribution in [2.24, 2.45) is 17.7 Å². The van der Waals surface area contributed by atoms with Crippen molar-refractivity contribution in [1.29, 1.82) is 0 Å². The summed E-state index contributed by atoms with van der Waals surface area (Å²) in [7, 11) is 0. The molecule has 2 aliphatic heterocycles. The first kappa shape index (κ1) is 29.7. The lowest BCUT2D eigenvalue weighted by Crippen LogP contribution is -2.59. The molecule has 2 aromatic heterocycles. The summed E-state index contributed by atoms with van der Waals surface area (Å²) in [5.74, 6) is 8.90. The van der Waals surface area contributed by atoms with E-state index in [0.29, 0.717) is 18.0 Å². The van der Waals surface area contributed by atoms with Crippen LogP contribution in [0.4, 0.5) is 0 Å². The van der Waals surface area contributed by atoms with Crippen LogP contribution in [0.1, 0.15) is 91.4 Å². The van der Waals surface area contributed by atoms with Crippen molar-refractivity contribution >= 4 is 11.5 Å². The lowest BCUT2D eigenvalue weighted by atomic mass is 9.76. The topological polar surface area (TPSA) is 91.5 Å². The van der Waals surface area contributed by atoms with Crippen molar-refractivity contribution in [3.63, 3.8) is 0 Å². The van der Waals surface area contributed by atoms with Gasteiger partial charge in [0.1, 0.15) is 5.82 Å². The molecule has 6 rings (SSSR count). The molecular weight excluding hydrogens is 534 g/mol. The van der Waals surface area contributed by atoms with E-state index in [1.807, 2.05) is 55.5 Å². The summed E-state index contributed by atoms with van der Waals surface area (Å²) in [5, 5.41) is 1.71. The van der Waals surface area contributed by atoms with Gasteiger partial charge in [-0.1, -0.05) is 31.8 Å². The average Bonchev–Trinajstić information content (AvgIpc) is 3.50. The number of allylic oxidation sites excluding steroid dienone is 4. The summed E-state index contributed by atoms with van der Waals surface area (Å²) < 4.78 is 0. The lowest BCUT2D eigenvalue weighted by molar-refractivity contribution is 0.000523. The van der Waals surface area contributed by atoms with E-state index in [2.05, 4.69) is 38.9 Å². The highest BCUT2D eigenvalue weighted by molar-refractivity contribution is 5.94. The van der Waals surface area contributed by atoms with Gasteiger partial charge in [-0.15, -0.1) is 0 Å². The largest absolute Gasteiger partial charge is 0.336 e. The first-order chi connectivity index (χ1) is 20.8. The Morgan fingerprint density at radius 2 is 1.77 bits per heavy atom. The van der Waals surface area contributed by atoms with Gasteiger partial charge in [0.25, 0.3) is 5.91 Å². The average molecular weight is 582 g/mol. The molecule has 8 nitrogen and oxygen atoms in total. The Kier molecular flexibility index (Phi) is 9.05. The van der Waals surface area contributed by atoms with Crippen LogP contribution in [-0.2, 0) is 6.42 Å². The summed E-state index contributed by atoms with van der Waals surface area (Å²) in [6, 6.07) is 4.76. The van der Waals surface area contributed by atoms with Gasteiger partial charge in [0.2, 0.25) is 0 Å². The summed E-state index contributed by atoms with van der Waals surface area (Å²) in [6.07, 6.45) is 23.4. The molecule has 1 atom stereocenters. The molecule has 43 heavy (non-hydrogen) atoms. The maximum Gasteiger partial charge on any atom is 0.254 e. The molecule has 2 saturated carbocycles. The number of carbonyl (C=O) groups is 1. The molecule has 228 valence electrons. The van der Waals surface area contributed by atoms with Gasteiger partial charge in [-0.2, -0.15) is 0 Å². The van der Waals surface area contributed by atoms with Crippen LogP contribution < -0.4 is 5.84 Å². The van der Waals surface area contributed by atoms with Crippen molar-refractivity contribution in [3.8, 4) is 0 Å². The van der Waals surface area contributed by atoms with E-state index in [-0.39, 0.29) is 5.91 Å². The number of nitrogens with two attached hydrogens (primary N) is 1. The third-order valence-electron chi connectivity index (χ3n) is 9.94. The first-order valence-electron chi connectivity index (χ1n) is 16.3. The SMILES string of the molecule is Cc1cc(C(=O)N2CCN(C3CC(C/C=C4/C=C(c5cnc(CCC6CCCC6)nc5)C=CN4N)C3)C(C)C2)cc(C)n1. The number of hydrogen-bond donors (Lipinski definition) is 1. The number of pyridine rings is 1. The van der Waals surface area contributed by atoms with Gasteiger partial charge in [-0.25, -0.2) is 15.8 Å². The van der Waals surface area contributed by atoms with E-state index >= 15 is 0 Å². The monoisotopic (exact) mass is 581 g/mol. The molecule has 0 bridgehead atoms. The smallest absolute Gasteiger partial charge is 0.254 e. The van der Waals surface area contributed by atoms with E-state index in [9.17, 15) is 4.79 Å². The highest BCUT2D eigenvalue weighted by Crippen LogP contribution is 2.37. The standard InChI is InChI=1S/C35H47N7O/c1-24-16-30(17-25(2)39-24)35(43)40-14-15-41(26(3)23-40)33-18-28(19-33)8-10-32-20-29(12-13-42(32)36)31-21-37-34(38-22-31)11-9-27-6-4-5-7-27/h10,12-13,16-17,20-22,26-28,33H,4-9,11,14-15,18-19,23,36H2,1-3H3/b32-10-. The number of carbonyl (C=O) groups excluding carboxylic acids is 1. The molecule has 3 fully saturated rings. The fourth-order valence-corrected chi connectivity index (χ4v) is 7.43. The Labute approximate surface area is 256 Å². The predicted octanol–water partition coefficient (Wildman–Crippen LogP) is 5.60. The number of aromatic nitrogens is 3. The maximum absolute atomic E-state index is 13.2. The molecular formula is C35H47N7O. The molecule has 0 radical (unpaired) electrons. The molecule has 0 aromatic carbocycles. The van der Waals surface area contributed by atoms with Crippen LogP contribution in [0.3, 0.4) is 0 Å². The number of hydrogen-bond acceptors (Lipinski definition) is 7. The molecule has 2 aromatic rings. The molecule has 1 amide bonds. The predicted molar refractivity (Wildman–Crippen MR) is 170 cm³/mol. The van der Waals surface area contributed by atoms with Crippen LogP contribution in [0.2, 0.25) is 0 Å². The zero-order valence-corrected chi connectivity index (χ0v) is 26.1. The number of aryl methyl sites for hydroxylation is 3. The lowest BCUT2D eigenvalue weighted by Gasteiger charge is -2.49. The highest BCUT2D eigenvalue weighted by atomic mass is 16.2. The van der Waals surface area contributed by atoms with Crippen LogP contribution in [-0.4, -0.2) is 67.4 Å². The van der Waals surface area contributed by atoms with Gasteiger partial charge in [-0.3, -0.25) is 19.7 Å². The van der Waals surface area contributed by atoms with Gasteiger partial charge in [0, 0.05) is 79.2 Å². The van der Waals surface area contributed by atoms with Crippen molar-refractivity contribution in [1.82, 2.24) is 29.8 Å². The molecule has 2 aliphatic carbocycles. The second kappa shape index (κ2) is 13.1. The van der Waals surface area contributed by atoms with E-state index in [0.717, 1.165) is 78.0 Å². The Morgan fingerprint density at radius 3 is 2.47 bits per heavy atom. The summed E-state index contributed by atoms with van der Waals surface area (Å²) in [4.78, 5) is 31.6. The summed E-state index contributed by atoms with van der Waals surface area (Å²) in [5.41, 5.74) is 5.70. The number of amides is 1. The van der Waals surface area contributed by atoms with Crippen molar-refractivity contribution in [2.45, 2.75) is 90.6 Å². The Balaban J connectivity index is 0.985. The molecule has 1 unspecified atom stereocenters. The first-order valence-corrected chi connectivity index (χ1v) is 16.3. The molecule has 4 heterocycles. The zero-order chi connectivity index (χ0) is 29.9. The number of hydrazine groups is 1. The maximum atomic E-state index is 13.2. The molecule has 4 aliphatic rings. The minimum absolute atomic E-state index is 0.125. The van der Waals surface area contributed by atoms with Crippen LogP contribution in [0.5, 0.6) is 0 Å². The normalized spacial score (nSPS) is 25.7. The number of nitrogens with zero attached hydrogens (tertiary/aromatic N) is 6. The highest BCUT2D eigenvalue weighted by Gasteiger charge is 2.38. The molecule has 2 N–H and O–H groups in total. The van der Waals surface area contributed by atoms with Crippen LogP contribution in [0, 0.1) is 25.7 Å². The fraction of sp³-hybridized carbons (Fsp3) is 0.543. The van der Waals surface area contributed by atoms with Crippen molar-refractivity contribution in [3.05, 3.63) is 83.0 Å². The zero-order valence-electron chi connectivity index (χ0n) is 26.1. The minimum Gasteiger partial charge on any atom is -0.336 e. The Morgan fingerprint density at radius 1 is 1.05 bits per heavy atom. The molecule has 0 spiro atoms. The van der Waals surface area contributed by atoms with E-state index < -0.39 is 0 Å². The van der Waals surface area contributed by atoms with Gasteiger partial charge < -0.3 is 4.90 Å². The Hall–Kier alpha value is -3.36. The van der Waals surface area contributed by atoms with Crippen LogP contribution in [0.25, 0.3) is 5.57 Å². The second-order valence-corrected chi connectivity index (χ2v) is 13.2. The third-order valence-corrected chi connectivity index (χ3v) is 9.94. The van der Waals surface area contributed by atoms with E-state index in [1.54, 1.807) is 5.01 Å². The second-order valence-electron chi connectivity index (χ2n) is 13.2. The van der Waals surface area contributed by atoms with Gasteiger partial charge >= 0.3 is 0 Å². The van der Waals surface area contributed by atoms with E-state index in [1.165, 1.54) is 44.9 Å². The summed E-state index contributed by atoms with van der Waals surface area (Å²) >= 11 is 0. The molecule has 8 heteroatoms. The van der Waals surface area contributed by atoms with Gasteiger partial charge in [0.05, 0.1) is 5.70 Å². The number of piperazine rings is 1. The third kappa shape index (κ3) is 7.07. The molecule has 1 saturated heterocycles. The number of rotatable bonds is 8. The van der Waals surface area contributed by atoms with Crippen LogP contribution in [0.15, 0.2) is 54.7 Å². The van der Waals surface area contributed by atoms with Gasteiger partial charge in [0.15, 0.2) is 0 Å². The van der Waals surface area contributed by atoms with Gasteiger partial charge in [-0.05, 0) is 88.1 Å².